The number of halogens is 2. The van der Waals surface area contributed by atoms with Crippen molar-refractivity contribution >= 4 is 52.8 Å². The third-order valence-corrected chi connectivity index (χ3v) is 14.7. The first-order valence-electron chi connectivity index (χ1n) is 27.7. The molecule has 7 heterocycles. The first-order chi connectivity index (χ1) is 39.5. The highest BCUT2D eigenvalue weighted by molar-refractivity contribution is 6.23. The van der Waals surface area contributed by atoms with Gasteiger partial charge < -0.3 is 58.9 Å². The van der Waals surface area contributed by atoms with Crippen LogP contribution >= 0.6 is 0 Å². The molecule has 2 saturated heterocycles. The van der Waals surface area contributed by atoms with Gasteiger partial charge in [-0.2, -0.15) is 10.2 Å². The van der Waals surface area contributed by atoms with Crippen LogP contribution < -0.4 is 26.2 Å². The summed E-state index contributed by atoms with van der Waals surface area (Å²) in [4.78, 5) is 80.1. The smallest absolute Gasteiger partial charge is 0.317 e. The number of hydrogen-bond donors (Lipinski definition) is 4. The molecule has 0 bridgehead atoms. The van der Waals surface area contributed by atoms with Gasteiger partial charge in [0.1, 0.15) is 12.6 Å². The molecule has 0 saturated carbocycles. The molecule has 26 heteroatoms. The van der Waals surface area contributed by atoms with Crippen LogP contribution in [0.3, 0.4) is 0 Å². The molecule has 5 aliphatic rings. The lowest BCUT2D eigenvalue weighted by atomic mass is 9.92. The minimum Gasteiger partial charge on any atom is -0.383 e. The van der Waals surface area contributed by atoms with Gasteiger partial charge in [0.15, 0.2) is 5.82 Å². The van der Waals surface area contributed by atoms with Gasteiger partial charge in [-0.15, -0.1) is 0 Å². The highest BCUT2D eigenvalue weighted by Crippen LogP contribution is 2.44. The van der Waals surface area contributed by atoms with E-state index in [2.05, 4.69) is 31.0 Å². The molecule has 2 aromatic heterocycles. The topological polar surface area (TPSA) is 261 Å². The molecular weight excluding hydrogens is 1060 g/mol. The summed E-state index contributed by atoms with van der Waals surface area (Å²) in [5, 5.41) is 20.4. The molecular formula is C55H71F2N11O13. The number of piperidine rings is 1. The van der Waals surface area contributed by atoms with Crippen molar-refractivity contribution in [3.05, 3.63) is 76.2 Å². The number of fused-ring (bicyclic) bond motifs is 3. The standard InChI is InChI=1S/C55H71F2N11O13/c1-58-55(74)64-14-8-45-44(34-64)51(63-68(45)39-9-15-75-16-10-39)66-13-2-3-36-29-41(42(50(56)57)31-47(36)66)37-32-61-65(33-37)35-49(70)60-12-18-77-20-22-79-24-26-81-28-27-80-25-23-78-21-19-76-17-11-59-38-4-5-40-43(30-38)54(73)67(53(40)72)46-6-7-48(69)62-52(46)71/h4-5,29-33,39,46,50,59H,2-3,6-28,34-35H2,1H3,(H,58,74)(H,60,70)(H,62,69,71). The van der Waals surface area contributed by atoms with Crippen molar-refractivity contribution in [2.45, 2.75) is 76.5 Å². The Balaban J connectivity index is 0.593. The van der Waals surface area contributed by atoms with E-state index in [-0.39, 0.29) is 67.2 Å². The van der Waals surface area contributed by atoms with Crippen molar-refractivity contribution in [3.8, 4) is 11.1 Å². The van der Waals surface area contributed by atoms with E-state index in [1.165, 1.54) is 10.9 Å². The molecule has 5 aliphatic heterocycles. The Morgan fingerprint density at radius 2 is 1.44 bits per heavy atom. The lowest BCUT2D eigenvalue weighted by Gasteiger charge is -2.33. The molecule has 2 fully saturated rings. The molecule has 4 N–H and O–H groups in total. The Kier molecular flexibility index (Phi) is 20.8. The van der Waals surface area contributed by atoms with Gasteiger partial charge in [0.05, 0.1) is 109 Å². The molecule has 0 aliphatic carbocycles. The molecule has 1 atom stereocenters. The highest BCUT2D eigenvalue weighted by Gasteiger charge is 2.45. The average Bonchev–Trinajstić information content (AvgIpc) is 4.37. The molecule has 7 amide bonds. The van der Waals surface area contributed by atoms with Crippen molar-refractivity contribution < 1.29 is 70.7 Å². The fraction of sp³-hybridized carbons (Fsp3) is 0.564. The van der Waals surface area contributed by atoms with E-state index in [1.54, 1.807) is 42.4 Å². The Morgan fingerprint density at radius 3 is 2.11 bits per heavy atom. The molecule has 0 radical (unpaired) electrons. The summed E-state index contributed by atoms with van der Waals surface area (Å²) in [5.74, 6) is -1.80. The first-order valence-corrected chi connectivity index (χ1v) is 27.7. The number of imide groups is 2. The van der Waals surface area contributed by atoms with Gasteiger partial charge in [-0.3, -0.25) is 43.6 Å². The van der Waals surface area contributed by atoms with Crippen molar-refractivity contribution in [1.82, 2.24) is 45.3 Å². The van der Waals surface area contributed by atoms with Gasteiger partial charge >= 0.3 is 6.03 Å². The second-order valence-corrected chi connectivity index (χ2v) is 20.0. The van der Waals surface area contributed by atoms with E-state index in [1.807, 2.05) is 11.0 Å². The van der Waals surface area contributed by atoms with Crippen molar-refractivity contribution in [2.24, 2.45) is 0 Å². The number of benzene rings is 2. The van der Waals surface area contributed by atoms with Gasteiger partial charge in [-0.25, -0.2) is 13.6 Å². The first kappa shape index (κ1) is 58.7. The molecule has 9 rings (SSSR count). The normalized spacial score (nSPS) is 17.4. The monoisotopic (exact) mass is 1130 g/mol. The van der Waals surface area contributed by atoms with Crippen LogP contribution in [0.4, 0.5) is 30.8 Å². The Hall–Kier alpha value is -6.94. The maximum absolute atomic E-state index is 15.0. The van der Waals surface area contributed by atoms with Crippen LogP contribution in [0.5, 0.6) is 0 Å². The fourth-order valence-corrected chi connectivity index (χ4v) is 10.6. The number of anilines is 3. The largest absolute Gasteiger partial charge is 0.383 e. The molecule has 4 aromatic rings. The highest BCUT2D eigenvalue weighted by atomic mass is 19.3. The number of aromatic nitrogens is 4. The summed E-state index contributed by atoms with van der Waals surface area (Å²) in [7, 11) is 1.61. The lowest BCUT2D eigenvalue weighted by molar-refractivity contribution is -0.136. The summed E-state index contributed by atoms with van der Waals surface area (Å²) < 4.78 is 72.5. The second kappa shape index (κ2) is 28.7. The molecule has 0 spiro atoms. The Morgan fingerprint density at radius 1 is 0.778 bits per heavy atom. The summed E-state index contributed by atoms with van der Waals surface area (Å²) in [6, 6.07) is 7.16. The summed E-state index contributed by atoms with van der Waals surface area (Å²) >= 11 is 0. The number of carbonyl (C=O) groups excluding carboxylic acids is 6. The molecule has 438 valence electrons. The second-order valence-electron chi connectivity index (χ2n) is 20.0. The van der Waals surface area contributed by atoms with Gasteiger partial charge in [0.2, 0.25) is 17.7 Å². The van der Waals surface area contributed by atoms with Crippen LogP contribution in [0.15, 0.2) is 42.7 Å². The van der Waals surface area contributed by atoms with E-state index in [4.69, 9.17) is 38.3 Å². The molecule has 81 heavy (non-hydrogen) atoms. The third kappa shape index (κ3) is 14.8. The zero-order valence-electron chi connectivity index (χ0n) is 45.6. The zero-order chi connectivity index (χ0) is 56.7. The fourth-order valence-electron chi connectivity index (χ4n) is 10.6. The Bertz CT molecular complexity index is 2860. The van der Waals surface area contributed by atoms with Crippen molar-refractivity contribution in [2.75, 3.05) is 136 Å². The minimum atomic E-state index is -2.78. The lowest BCUT2D eigenvalue weighted by Crippen LogP contribution is -2.54. The van der Waals surface area contributed by atoms with E-state index >= 15 is 0 Å². The maximum Gasteiger partial charge on any atom is 0.317 e. The Labute approximate surface area is 467 Å². The number of aryl methyl sites for hydroxylation is 1. The van der Waals surface area contributed by atoms with Crippen LogP contribution in [-0.4, -0.2) is 197 Å². The minimum absolute atomic E-state index is 0.0568. The SMILES string of the molecule is CNC(=O)N1CCc2c(c(N3CCCc4cc(-c5cnn(CC(=O)NCCOCCOCCOCCOCCOCCOCCNc6ccc7c(c6)C(=O)N(C6CCC(=O)NC6=O)C7=O)c5)c(C(F)F)cc43)nn2C2CCOCC2)C1. The number of nitrogens with one attached hydrogen (secondary N) is 4. The molecule has 2 aromatic carbocycles. The average molecular weight is 1130 g/mol. The number of amides is 7. The van der Waals surface area contributed by atoms with Crippen LogP contribution in [-0.2, 0) is 73.5 Å². The van der Waals surface area contributed by atoms with Gasteiger partial charge in [0.25, 0.3) is 18.2 Å². The van der Waals surface area contributed by atoms with Crippen LogP contribution in [0, 0.1) is 0 Å². The molecule has 24 nitrogen and oxygen atoms in total. The number of ether oxygens (including phenoxy) is 7. The van der Waals surface area contributed by atoms with Gasteiger partial charge in [0, 0.05) is 99.2 Å². The van der Waals surface area contributed by atoms with E-state index in [0.29, 0.717) is 153 Å². The van der Waals surface area contributed by atoms with Crippen LogP contribution in [0.25, 0.3) is 11.1 Å². The number of alkyl halides is 2. The van der Waals surface area contributed by atoms with E-state index < -0.39 is 36.1 Å². The van der Waals surface area contributed by atoms with Gasteiger partial charge in [-0.1, -0.05) is 0 Å². The number of rotatable bonds is 29. The quantitative estimate of drug-likeness (QED) is 0.0448. The van der Waals surface area contributed by atoms with Crippen LogP contribution in [0.2, 0.25) is 0 Å². The summed E-state index contributed by atoms with van der Waals surface area (Å²) in [6.45, 7) is 7.77. The summed E-state index contributed by atoms with van der Waals surface area (Å²) in [5.41, 5.74) is 5.35. The van der Waals surface area contributed by atoms with E-state index in [9.17, 15) is 37.5 Å². The third-order valence-electron chi connectivity index (χ3n) is 14.7. The summed E-state index contributed by atoms with van der Waals surface area (Å²) in [6.07, 6.45) is 4.25. The predicted octanol–water partition coefficient (Wildman–Crippen LogP) is 3.55. The molecule has 1 unspecified atom stereocenters. The number of urea groups is 1. The number of hydrogen-bond acceptors (Lipinski definition) is 17. The maximum atomic E-state index is 15.0. The van der Waals surface area contributed by atoms with E-state index in [0.717, 1.165) is 41.0 Å². The van der Waals surface area contributed by atoms with Gasteiger partial charge in [-0.05, 0) is 73.6 Å². The number of carbonyl (C=O) groups is 6. The van der Waals surface area contributed by atoms with Crippen LogP contribution in [0.1, 0.15) is 87.7 Å². The van der Waals surface area contributed by atoms with Crippen molar-refractivity contribution in [1.29, 1.82) is 0 Å². The number of nitrogens with zero attached hydrogens (tertiary/aromatic N) is 7. The zero-order valence-corrected chi connectivity index (χ0v) is 45.6. The van der Waals surface area contributed by atoms with Crippen molar-refractivity contribution in [3.63, 3.8) is 0 Å². The predicted molar refractivity (Wildman–Crippen MR) is 287 cm³/mol.